The van der Waals surface area contributed by atoms with Crippen molar-refractivity contribution in [3.63, 3.8) is 0 Å². The molecule has 0 atom stereocenters. The second kappa shape index (κ2) is 7.00. The zero-order valence-electron chi connectivity index (χ0n) is 13.4. The quantitative estimate of drug-likeness (QED) is 0.515. The Bertz CT molecular complexity index is 1030. The summed E-state index contributed by atoms with van der Waals surface area (Å²) in [6.07, 6.45) is 8.78. The molecule has 5 heteroatoms. The second-order valence-electron chi connectivity index (χ2n) is 5.40. The molecule has 1 aromatic carbocycles. The molecule has 0 saturated carbocycles. The summed E-state index contributed by atoms with van der Waals surface area (Å²) >= 11 is 3.07. The number of aromatic nitrogens is 1. The summed E-state index contributed by atoms with van der Waals surface area (Å²) in [6.45, 7) is 4.51. The summed E-state index contributed by atoms with van der Waals surface area (Å²) in [5.74, 6) is 2.37. The Kier molecular flexibility index (Phi) is 4.79. The first-order valence-corrected chi connectivity index (χ1v) is 9.12. The van der Waals surface area contributed by atoms with Crippen LogP contribution in [0, 0.1) is 26.2 Å². The SMILES string of the molecule is C#CCn1c(=NC(=O)/C=C/c2cccs2)sc2cc(C)cc(C)c21. The van der Waals surface area contributed by atoms with E-state index in [4.69, 9.17) is 6.42 Å². The van der Waals surface area contributed by atoms with Gasteiger partial charge in [-0.05, 0) is 48.6 Å². The van der Waals surface area contributed by atoms with E-state index in [0.717, 1.165) is 20.7 Å². The Morgan fingerprint density at radius 3 is 2.96 bits per heavy atom. The van der Waals surface area contributed by atoms with Gasteiger partial charge in [0.2, 0.25) is 0 Å². The number of nitrogens with zero attached hydrogens (tertiary/aromatic N) is 2. The molecule has 0 aliphatic carbocycles. The van der Waals surface area contributed by atoms with Crippen molar-refractivity contribution in [1.29, 1.82) is 0 Å². The van der Waals surface area contributed by atoms with Crippen molar-refractivity contribution >= 4 is 44.9 Å². The van der Waals surface area contributed by atoms with Crippen LogP contribution in [0.4, 0.5) is 0 Å². The van der Waals surface area contributed by atoms with Crippen molar-refractivity contribution in [2.75, 3.05) is 0 Å². The lowest BCUT2D eigenvalue weighted by molar-refractivity contribution is -0.113. The highest BCUT2D eigenvalue weighted by molar-refractivity contribution is 7.16. The smallest absolute Gasteiger partial charge is 0.272 e. The summed E-state index contributed by atoms with van der Waals surface area (Å²) in [5, 5.41) is 1.97. The number of terminal acetylenes is 1. The molecule has 1 amide bonds. The van der Waals surface area contributed by atoms with Gasteiger partial charge in [-0.2, -0.15) is 4.99 Å². The molecule has 0 bridgehead atoms. The van der Waals surface area contributed by atoms with E-state index in [2.05, 4.69) is 36.9 Å². The van der Waals surface area contributed by atoms with E-state index in [9.17, 15) is 4.79 Å². The number of thiazole rings is 1. The number of carbonyl (C=O) groups is 1. The molecule has 24 heavy (non-hydrogen) atoms. The predicted molar refractivity (Wildman–Crippen MR) is 102 cm³/mol. The Morgan fingerprint density at radius 1 is 1.42 bits per heavy atom. The number of carbonyl (C=O) groups excluding carboxylic acids is 1. The topological polar surface area (TPSA) is 34.4 Å². The van der Waals surface area contributed by atoms with Crippen molar-refractivity contribution in [3.8, 4) is 12.3 Å². The molecule has 0 unspecified atom stereocenters. The van der Waals surface area contributed by atoms with Gasteiger partial charge in [-0.3, -0.25) is 4.79 Å². The first kappa shape index (κ1) is 16.4. The summed E-state index contributed by atoms with van der Waals surface area (Å²) in [5.41, 5.74) is 3.38. The van der Waals surface area contributed by atoms with Gasteiger partial charge in [0.05, 0.1) is 16.8 Å². The third kappa shape index (κ3) is 3.40. The fourth-order valence-electron chi connectivity index (χ4n) is 2.59. The van der Waals surface area contributed by atoms with Gasteiger partial charge in [0.25, 0.3) is 5.91 Å². The van der Waals surface area contributed by atoms with E-state index in [-0.39, 0.29) is 5.91 Å². The third-order valence-electron chi connectivity index (χ3n) is 3.50. The van der Waals surface area contributed by atoms with Gasteiger partial charge in [-0.25, -0.2) is 0 Å². The Balaban J connectivity index is 2.08. The zero-order valence-corrected chi connectivity index (χ0v) is 15.1. The van der Waals surface area contributed by atoms with Gasteiger partial charge in [0, 0.05) is 11.0 Å². The van der Waals surface area contributed by atoms with Crippen LogP contribution in [0.3, 0.4) is 0 Å². The number of benzene rings is 1. The molecule has 0 N–H and O–H groups in total. The number of rotatable bonds is 3. The van der Waals surface area contributed by atoms with Crippen molar-refractivity contribution in [2.24, 2.45) is 4.99 Å². The van der Waals surface area contributed by atoms with E-state index >= 15 is 0 Å². The maximum atomic E-state index is 12.2. The van der Waals surface area contributed by atoms with Crippen molar-refractivity contribution in [1.82, 2.24) is 4.57 Å². The van der Waals surface area contributed by atoms with Gasteiger partial charge in [0.1, 0.15) is 0 Å². The molecule has 0 fully saturated rings. The highest BCUT2D eigenvalue weighted by atomic mass is 32.1. The number of hydrogen-bond donors (Lipinski definition) is 0. The molecule has 3 rings (SSSR count). The van der Waals surface area contributed by atoms with E-state index in [0.29, 0.717) is 11.3 Å². The minimum Gasteiger partial charge on any atom is -0.304 e. The number of hydrogen-bond acceptors (Lipinski definition) is 3. The lowest BCUT2D eigenvalue weighted by Crippen LogP contribution is -2.16. The Hall–Kier alpha value is -2.42. The lowest BCUT2D eigenvalue weighted by Gasteiger charge is -2.04. The predicted octanol–water partition coefficient (Wildman–Crippen LogP) is 4.16. The third-order valence-corrected chi connectivity index (χ3v) is 5.36. The molecule has 120 valence electrons. The number of thiophene rings is 1. The van der Waals surface area contributed by atoms with E-state index < -0.39 is 0 Å². The average molecular weight is 352 g/mol. The van der Waals surface area contributed by atoms with Crippen LogP contribution in [-0.2, 0) is 11.3 Å². The summed E-state index contributed by atoms with van der Waals surface area (Å²) < 4.78 is 3.03. The molecule has 2 heterocycles. The van der Waals surface area contributed by atoms with Gasteiger partial charge >= 0.3 is 0 Å². The Morgan fingerprint density at radius 2 is 2.25 bits per heavy atom. The van der Waals surface area contributed by atoms with E-state index in [1.807, 2.05) is 22.1 Å². The summed E-state index contributed by atoms with van der Waals surface area (Å²) in [4.78, 5) is 18.1. The minimum atomic E-state index is -0.282. The van der Waals surface area contributed by atoms with Gasteiger partial charge in [0.15, 0.2) is 4.80 Å². The van der Waals surface area contributed by atoms with Gasteiger partial charge in [-0.15, -0.1) is 17.8 Å². The molecule has 0 spiro atoms. The second-order valence-corrected chi connectivity index (χ2v) is 7.39. The van der Waals surface area contributed by atoms with Crippen LogP contribution in [0.15, 0.2) is 40.7 Å². The van der Waals surface area contributed by atoms with Crippen molar-refractivity contribution < 1.29 is 4.79 Å². The summed E-state index contributed by atoms with van der Waals surface area (Å²) in [7, 11) is 0. The molecule has 3 aromatic rings. The highest BCUT2D eigenvalue weighted by Gasteiger charge is 2.09. The zero-order chi connectivity index (χ0) is 17.1. The van der Waals surface area contributed by atoms with E-state index in [1.165, 1.54) is 23.0 Å². The van der Waals surface area contributed by atoms with Gasteiger partial charge < -0.3 is 4.57 Å². The maximum absolute atomic E-state index is 12.2. The normalized spacial score (nSPS) is 12.1. The summed E-state index contributed by atoms with van der Waals surface area (Å²) in [6, 6.07) is 8.12. The molecule has 0 radical (unpaired) electrons. The molecular weight excluding hydrogens is 336 g/mol. The maximum Gasteiger partial charge on any atom is 0.272 e. The number of fused-ring (bicyclic) bond motifs is 1. The minimum absolute atomic E-state index is 0.282. The monoisotopic (exact) mass is 352 g/mol. The van der Waals surface area contributed by atoms with Crippen LogP contribution in [0.5, 0.6) is 0 Å². The number of aryl methyl sites for hydroxylation is 2. The van der Waals surface area contributed by atoms with Crippen LogP contribution >= 0.6 is 22.7 Å². The van der Waals surface area contributed by atoms with Crippen LogP contribution in [-0.4, -0.2) is 10.5 Å². The van der Waals surface area contributed by atoms with Crippen LogP contribution in [0.2, 0.25) is 0 Å². The molecular formula is C19H16N2OS2. The highest BCUT2D eigenvalue weighted by Crippen LogP contribution is 2.23. The van der Waals surface area contributed by atoms with Crippen molar-refractivity contribution in [2.45, 2.75) is 20.4 Å². The van der Waals surface area contributed by atoms with Crippen molar-refractivity contribution in [3.05, 3.63) is 56.5 Å². The molecule has 0 aliphatic heterocycles. The molecule has 0 saturated heterocycles. The number of amides is 1. The van der Waals surface area contributed by atoms with Crippen LogP contribution < -0.4 is 4.80 Å². The fraction of sp³-hybridized carbons (Fsp3) is 0.158. The lowest BCUT2D eigenvalue weighted by atomic mass is 10.1. The van der Waals surface area contributed by atoms with Crippen LogP contribution in [0.1, 0.15) is 16.0 Å². The first-order valence-electron chi connectivity index (χ1n) is 7.43. The molecule has 0 aliphatic rings. The fourth-order valence-corrected chi connectivity index (χ4v) is 4.42. The molecule has 2 aromatic heterocycles. The van der Waals surface area contributed by atoms with Gasteiger partial charge in [-0.1, -0.05) is 29.4 Å². The largest absolute Gasteiger partial charge is 0.304 e. The van der Waals surface area contributed by atoms with Crippen LogP contribution in [0.25, 0.3) is 16.3 Å². The van der Waals surface area contributed by atoms with E-state index in [1.54, 1.807) is 17.4 Å². The standard InChI is InChI=1S/C19H16N2OS2/c1-4-9-21-18-14(3)11-13(2)12-16(18)24-19(21)20-17(22)8-7-15-6-5-10-23-15/h1,5-8,10-12H,9H2,2-3H3/b8-7+,20-19?. The molecule has 3 nitrogen and oxygen atoms in total. The average Bonchev–Trinajstić information content (AvgIpc) is 3.14. The Labute approximate surface area is 148 Å². The first-order chi connectivity index (χ1) is 11.6.